The molecule has 3 aliphatic rings. The van der Waals surface area contributed by atoms with Crippen LogP contribution in [-0.4, -0.2) is 25.2 Å². The lowest BCUT2D eigenvalue weighted by atomic mass is 9.77. The third-order valence-electron chi connectivity index (χ3n) is 8.59. The van der Waals surface area contributed by atoms with Crippen LogP contribution in [0.5, 0.6) is 0 Å². The van der Waals surface area contributed by atoms with E-state index in [1.54, 1.807) is 18.2 Å². The lowest BCUT2D eigenvalue weighted by Gasteiger charge is -2.39. The van der Waals surface area contributed by atoms with Crippen molar-refractivity contribution in [3.8, 4) is 0 Å². The van der Waals surface area contributed by atoms with Crippen LogP contribution in [0.25, 0.3) is 0 Å². The Morgan fingerprint density at radius 2 is 1.53 bits per heavy atom. The summed E-state index contributed by atoms with van der Waals surface area (Å²) in [5, 5.41) is 0. The Balaban J connectivity index is 1.20. The van der Waals surface area contributed by atoms with Gasteiger partial charge in [0.15, 0.2) is 23.6 Å². The Labute approximate surface area is 215 Å². The number of benzene rings is 1. The Bertz CT molecular complexity index is 874. The number of halogens is 3. The second-order valence-electron chi connectivity index (χ2n) is 11.3. The monoisotopic (exact) mass is 504 g/mol. The van der Waals surface area contributed by atoms with Crippen molar-refractivity contribution in [2.45, 2.75) is 102 Å². The molecule has 0 aromatic heterocycles. The summed E-state index contributed by atoms with van der Waals surface area (Å²) in [6, 6.07) is 3.55. The summed E-state index contributed by atoms with van der Waals surface area (Å²) in [5.41, 5.74) is -0.336. The van der Waals surface area contributed by atoms with Gasteiger partial charge in [-0.3, -0.25) is 0 Å². The van der Waals surface area contributed by atoms with Crippen LogP contribution < -0.4 is 0 Å². The molecule has 200 valence electrons. The summed E-state index contributed by atoms with van der Waals surface area (Å²) in [7, 11) is 0. The molecule has 0 spiro atoms. The molecular formula is C31H43F3O2. The summed E-state index contributed by atoms with van der Waals surface area (Å²) in [6.45, 7) is 5.96. The molecule has 0 unspecified atom stereocenters. The maximum Gasteiger partial charge on any atom is 0.162 e. The van der Waals surface area contributed by atoms with Gasteiger partial charge in [0.1, 0.15) is 0 Å². The van der Waals surface area contributed by atoms with Gasteiger partial charge in [-0.1, -0.05) is 43.7 Å². The minimum Gasteiger partial charge on any atom is -0.349 e. The summed E-state index contributed by atoms with van der Waals surface area (Å²) >= 11 is 0. The SMILES string of the molecule is C=CCCc1ccc(C2CCC(/C=C/C3CCC(C4OCC(F)(CCC)CO4)CC3)CC2)c(F)c1F. The van der Waals surface area contributed by atoms with E-state index in [9.17, 15) is 13.2 Å². The van der Waals surface area contributed by atoms with Crippen molar-refractivity contribution in [2.24, 2.45) is 17.8 Å². The molecule has 1 aromatic rings. The van der Waals surface area contributed by atoms with Gasteiger partial charge in [0.05, 0.1) is 13.2 Å². The Morgan fingerprint density at radius 1 is 0.917 bits per heavy atom. The highest BCUT2D eigenvalue weighted by molar-refractivity contribution is 5.30. The third-order valence-corrected chi connectivity index (χ3v) is 8.59. The first-order valence-corrected chi connectivity index (χ1v) is 14.1. The van der Waals surface area contributed by atoms with E-state index in [1.165, 1.54) is 0 Å². The van der Waals surface area contributed by atoms with E-state index in [0.717, 1.165) is 57.8 Å². The molecule has 1 aliphatic heterocycles. The fraction of sp³-hybridized carbons (Fsp3) is 0.677. The average Bonchev–Trinajstić information content (AvgIpc) is 2.90. The molecule has 1 aromatic carbocycles. The molecule has 1 heterocycles. The molecule has 0 amide bonds. The largest absolute Gasteiger partial charge is 0.349 e. The zero-order chi connectivity index (χ0) is 25.5. The van der Waals surface area contributed by atoms with Crippen LogP contribution in [0.2, 0.25) is 0 Å². The van der Waals surface area contributed by atoms with Gasteiger partial charge in [-0.15, -0.1) is 6.58 Å². The van der Waals surface area contributed by atoms with Crippen molar-refractivity contribution in [3.63, 3.8) is 0 Å². The summed E-state index contributed by atoms with van der Waals surface area (Å²) in [6.07, 6.45) is 16.8. The van der Waals surface area contributed by atoms with Crippen LogP contribution in [-0.2, 0) is 15.9 Å². The highest BCUT2D eigenvalue weighted by atomic mass is 19.2. The second kappa shape index (κ2) is 12.8. The van der Waals surface area contributed by atoms with Crippen LogP contribution in [0.1, 0.15) is 94.6 Å². The van der Waals surface area contributed by atoms with Crippen molar-refractivity contribution in [3.05, 3.63) is 59.7 Å². The maximum atomic E-state index is 14.7. The van der Waals surface area contributed by atoms with Crippen LogP contribution >= 0.6 is 0 Å². The number of allylic oxidation sites excluding steroid dienone is 3. The van der Waals surface area contributed by atoms with Gasteiger partial charge in [-0.2, -0.15) is 0 Å². The van der Waals surface area contributed by atoms with E-state index in [0.29, 0.717) is 48.1 Å². The van der Waals surface area contributed by atoms with E-state index in [-0.39, 0.29) is 25.4 Å². The van der Waals surface area contributed by atoms with Crippen molar-refractivity contribution >= 4 is 0 Å². The summed E-state index contributed by atoms with van der Waals surface area (Å²) in [4.78, 5) is 0. The standard InChI is InChI=1S/C31H43F3O2/c1-3-5-6-25-17-18-27(29(33)28(25)32)24-13-9-22(10-14-24)7-8-23-11-15-26(16-12-23)30-35-20-31(34,19-4-2)21-36-30/h3,7-8,17-18,22-24,26,30H,1,4-6,9-16,19-21H2,2H3/b8-7+. The number of hydrogen-bond acceptors (Lipinski definition) is 2. The van der Waals surface area contributed by atoms with Crippen LogP contribution in [0.15, 0.2) is 36.9 Å². The van der Waals surface area contributed by atoms with Gasteiger partial charge in [-0.25, -0.2) is 13.2 Å². The molecule has 5 heteroatoms. The number of aryl methyl sites for hydroxylation is 1. The lowest BCUT2D eigenvalue weighted by Crippen LogP contribution is -2.46. The normalized spacial score (nSPS) is 33.6. The molecule has 0 N–H and O–H groups in total. The van der Waals surface area contributed by atoms with Gasteiger partial charge in [0.25, 0.3) is 0 Å². The molecule has 0 radical (unpaired) electrons. The first kappa shape index (κ1) is 27.4. The van der Waals surface area contributed by atoms with E-state index in [1.807, 2.05) is 6.92 Å². The number of rotatable bonds is 9. The molecule has 2 saturated carbocycles. The van der Waals surface area contributed by atoms with Crippen LogP contribution in [0.3, 0.4) is 0 Å². The van der Waals surface area contributed by atoms with E-state index < -0.39 is 17.3 Å². The Morgan fingerprint density at radius 3 is 2.11 bits per heavy atom. The van der Waals surface area contributed by atoms with Crippen molar-refractivity contribution in [2.75, 3.05) is 13.2 Å². The average molecular weight is 505 g/mol. The van der Waals surface area contributed by atoms with Gasteiger partial charge in [-0.05, 0) is 99.5 Å². The fourth-order valence-electron chi connectivity index (χ4n) is 6.33. The van der Waals surface area contributed by atoms with Gasteiger partial charge in [0, 0.05) is 5.92 Å². The first-order valence-electron chi connectivity index (χ1n) is 14.1. The molecular weight excluding hydrogens is 461 g/mol. The van der Waals surface area contributed by atoms with Gasteiger partial charge in [0.2, 0.25) is 0 Å². The molecule has 2 nitrogen and oxygen atoms in total. The van der Waals surface area contributed by atoms with Crippen LogP contribution in [0.4, 0.5) is 13.2 Å². The van der Waals surface area contributed by atoms with Crippen molar-refractivity contribution in [1.82, 2.24) is 0 Å². The fourth-order valence-corrected chi connectivity index (χ4v) is 6.33. The summed E-state index contributed by atoms with van der Waals surface area (Å²) in [5.74, 6) is 0.206. The minimum absolute atomic E-state index is 0.101. The quantitative estimate of drug-likeness (QED) is 0.314. The smallest absolute Gasteiger partial charge is 0.162 e. The highest BCUT2D eigenvalue weighted by Crippen LogP contribution is 2.40. The zero-order valence-corrected chi connectivity index (χ0v) is 21.8. The predicted molar refractivity (Wildman–Crippen MR) is 139 cm³/mol. The molecule has 2 aliphatic carbocycles. The molecule has 1 saturated heterocycles. The van der Waals surface area contributed by atoms with Gasteiger partial charge < -0.3 is 9.47 Å². The number of hydrogen-bond donors (Lipinski definition) is 0. The highest BCUT2D eigenvalue weighted by Gasteiger charge is 2.39. The Kier molecular flexibility index (Phi) is 9.74. The number of ether oxygens (including phenoxy) is 2. The molecule has 0 atom stereocenters. The number of alkyl halides is 1. The van der Waals surface area contributed by atoms with Crippen molar-refractivity contribution < 1.29 is 22.6 Å². The summed E-state index contributed by atoms with van der Waals surface area (Å²) < 4.78 is 55.4. The zero-order valence-electron chi connectivity index (χ0n) is 21.8. The molecule has 3 fully saturated rings. The first-order chi connectivity index (χ1) is 17.4. The molecule has 36 heavy (non-hydrogen) atoms. The van der Waals surface area contributed by atoms with Crippen LogP contribution in [0, 0.1) is 29.4 Å². The molecule has 0 bridgehead atoms. The van der Waals surface area contributed by atoms with Gasteiger partial charge >= 0.3 is 0 Å². The van der Waals surface area contributed by atoms with E-state index in [4.69, 9.17) is 9.47 Å². The molecule has 4 rings (SSSR count). The van der Waals surface area contributed by atoms with E-state index >= 15 is 0 Å². The minimum atomic E-state index is -1.32. The third kappa shape index (κ3) is 6.83. The second-order valence-corrected chi connectivity index (χ2v) is 11.3. The van der Waals surface area contributed by atoms with Crippen molar-refractivity contribution in [1.29, 1.82) is 0 Å². The maximum absolute atomic E-state index is 14.7. The lowest BCUT2D eigenvalue weighted by molar-refractivity contribution is -0.257. The topological polar surface area (TPSA) is 18.5 Å². The predicted octanol–water partition coefficient (Wildman–Crippen LogP) is 8.60. The van der Waals surface area contributed by atoms with E-state index in [2.05, 4.69) is 18.7 Å². The Hall–Kier alpha value is -1.59.